The summed E-state index contributed by atoms with van der Waals surface area (Å²) in [5, 5.41) is 3.69. The standard InChI is InChI=1S/C7H10F2N2.C2H6/c1-3-6-4-5(2)11(10-6)7(8)9;1-2/h4,7H,3H2,1-2H3;1-2H3. The molecule has 0 saturated heterocycles. The van der Waals surface area contributed by atoms with Crippen LogP contribution in [0.25, 0.3) is 0 Å². The Balaban J connectivity index is 0.000000671. The first-order valence-corrected chi connectivity index (χ1v) is 4.48. The molecule has 0 aliphatic heterocycles. The molecule has 0 aliphatic rings. The molecule has 1 heterocycles. The maximum absolute atomic E-state index is 12.1. The zero-order valence-corrected chi connectivity index (χ0v) is 8.51. The smallest absolute Gasteiger partial charge is 0.209 e. The van der Waals surface area contributed by atoms with Crippen molar-refractivity contribution in [2.45, 2.75) is 40.7 Å². The van der Waals surface area contributed by atoms with E-state index in [-0.39, 0.29) is 0 Å². The van der Waals surface area contributed by atoms with Gasteiger partial charge in [0.05, 0.1) is 5.69 Å². The molecule has 0 radical (unpaired) electrons. The highest BCUT2D eigenvalue weighted by atomic mass is 19.3. The normalized spacial score (nSPS) is 9.77. The second-order valence-corrected chi connectivity index (χ2v) is 2.35. The second-order valence-electron chi connectivity index (χ2n) is 2.35. The van der Waals surface area contributed by atoms with Gasteiger partial charge in [-0.3, -0.25) is 0 Å². The summed E-state index contributed by atoms with van der Waals surface area (Å²) in [5.41, 5.74) is 1.22. The van der Waals surface area contributed by atoms with Crippen LogP contribution in [0.2, 0.25) is 0 Å². The molecule has 0 aliphatic carbocycles. The quantitative estimate of drug-likeness (QED) is 0.700. The van der Waals surface area contributed by atoms with Gasteiger partial charge in [-0.15, -0.1) is 0 Å². The first kappa shape index (κ1) is 12.1. The molecular formula is C9H16F2N2. The molecule has 1 aromatic heterocycles. The lowest BCUT2D eigenvalue weighted by Gasteiger charge is -1.99. The van der Waals surface area contributed by atoms with Crippen molar-refractivity contribution in [2.24, 2.45) is 0 Å². The maximum atomic E-state index is 12.1. The molecule has 76 valence electrons. The van der Waals surface area contributed by atoms with Crippen molar-refractivity contribution in [1.29, 1.82) is 0 Å². The minimum absolute atomic E-state index is 0.511. The van der Waals surface area contributed by atoms with E-state index in [1.165, 1.54) is 0 Å². The van der Waals surface area contributed by atoms with Crippen LogP contribution in [0.4, 0.5) is 8.78 Å². The van der Waals surface area contributed by atoms with Gasteiger partial charge < -0.3 is 0 Å². The number of nitrogens with zero attached hydrogens (tertiary/aromatic N) is 2. The Bertz CT molecular complexity index is 244. The van der Waals surface area contributed by atoms with Crippen molar-refractivity contribution in [3.63, 3.8) is 0 Å². The molecule has 0 atom stereocenters. The van der Waals surface area contributed by atoms with Crippen LogP contribution >= 0.6 is 0 Å². The molecule has 0 aromatic carbocycles. The van der Waals surface area contributed by atoms with E-state index >= 15 is 0 Å². The minimum atomic E-state index is -2.52. The molecular weight excluding hydrogens is 174 g/mol. The zero-order chi connectivity index (χ0) is 10.4. The molecule has 0 bridgehead atoms. The van der Waals surface area contributed by atoms with Gasteiger partial charge in [0.25, 0.3) is 0 Å². The summed E-state index contributed by atoms with van der Waals surface area (Å²) >= 11 is 0. The molecule has 4 heteroatoms. The topological polar surface area (TPSA) is 17.8 Å². The highest BCUT2D eigenvalue weighted by Gasteiger charge is 2.10. The van der Waals surface area contributed by atoms with E-state index in [0.29, 0.717) is 17.8 Å². The van der Waals surface area contributed by atoms with Crippen LogP contribution in [0, 0.1) is 6.92 Å². The van der Waals surface area contributed by atoms with E-state index in [1.54, 1.807) is 13.0 Å². The minimum Gasteiger partial charge on any atom is -0.209 e. The van der Waals surface area contributed by atoms with Crippen molar-refractivity contribution in [3.05, 3.63) is 17.5 Å². The Morgan fingerprint density at radius 2 is 2.00 bits per heavy atom. The SMILES string of the molecule is CC.CCc1cc(C)n(C(F)F)n1. The van der Waals surface area contributed by atoms with Crippen molar-refractivity contribution in [2.75, 3.05) is 0 Å². The Kier molecular flexibility index (Phi) is 5.26. The maximum Gasteiger partial charge on any atom is 0.333 e. The fourth-order valence-electron chi connectivity index (χ4n) is 0.924. The molecule has 1 aromatic rings. The summed E-state index contributed by atoms with van der Waals surface area (Å²) in [6.07, 6.45) is 0.695. The molecule has 0 spiro atoms. The monoisotopic (exact) mass is 190 g/mol. The molecule has 1 rings (SSSR count). The predicted molar refractivity (Wildman–Crippen MR) is 48.9 cm³/mol. The molecule has 0 fully saturated rings. The van der Waals surface area contributed by atoms with Gasteiger partial charge in [0, 0.05) is 5.69 Å². The third kappa shape index (κ3) is 3.13. The average Bonchev–Trinajstić information content (AvgIpc) is 2.50. The Morgan fingerprint density at radius 3 is 2.23 bits per heavy atom. The first-order valence-electron chi connectivity index (χ1n) is 4.48. The van der Waals surface area contributed by atoms with E-state index < -0.39 is 6.55 Å². The van der Waals surface area contributed by atoms with Gasteiger partial charge in [0.1, 0.15) is 0 Å². The Hall–Kier alpha value is -0.930. The predicted octanol–water partition coefficient (Wildman–Crippen LogP) is 3.18. The second kappa shape index (κ2) is 5.67. The van der Waals surface area contributed by atoms with E-state index in [1.807, 2.05) is 20.8 Å². The van der Waals surface area contributed by atoms with Crippen molar-refractivity contribution < 1.29 is 8.78 Å². The van der Waals surface area contributed by atoms with Crippen LogP contribution in [0.15, 0.2) is 6.07 Å². The average molecular weight is 190 g/mol. The molecule has 13 heavy (non-hydrogen) atoms. The number of aryl methyl sites for hydroxylation is 2. The fourth-order valence-corrected chi connectivity index (χ4v) is 0.924. The van der Waals surface area contributed by atoms with Gasteiger partial charge in [-0.25, -0.2) is 4.68 Å². The number of hydrogen-bond acceptors (Lipinski definition) is 1. The largest absolute Gasteiger partial charge is 0.333 e. The van der Waals surface area contributed by atoms with Crippen molar-refractivity contribution >= 4 is 0 Å². The number of rotatable bonds is 2. The van der Waals surface area contributed by atoms with E-state index in [2.05, 4.69) is 5.10 Å². The van der Waals surface area contributed by atoms with E-state index in [9.17, 15) is 8.78 Å². The summed E-state index contributed by atoms with van der Waals surface area (Å²) in [6, 6.07) is 1.67. The lowest BCUT2D eigenvalue weighted by molar-refractivity contribution is 0.0540. The number of hydrogen-bond donors (Lipinski definition) is 0. The van der Waals surface area contributed by atoms with Crippen molar-refractivity contribution in [3.8, 4) is 0 Å². The highest BCUT2D eigenvalue weighted by molar-refractivity contribution is 5.08. The third-order valence-corrected chi connectivity index (χ3v) is 1.52. The summed E-state index contributed by atoms with van der Waals surface area (Å²) in [4.78, 5) is 0. The third-order valence-electron chi connectivity index (χ3n) is 1.52. The Labute approximate surface area is 77.6 Å². The highest BCUT2D eigenvalue weighted by Crippen LogP contribution is 2.13. The van der Waals surface area contributed by atoms with Crippen molar-refractivity contribution in [1.82, 2.24) is 9.78 Å². The van der Waals surface area contributed by atoms with Gasteiger partial charge in [-0.2, -0.15) is 13.9 Å². The van der Waals surface area contributed by atoms with Gasteiger partial charge in [-0.1, -0.05) is 20.8 Å². The van der Waals surface area contributed by atoms with Gasteiger partial charge >= 0.3 is 6.55 Å². The van der Waals surface area contributed by atoms with E-state index in [4.69, 9.17) is 0 Å². The van der Waals surface area contributed by atoms with Gasteiger partial charge in [0.15, 0.2) is 0 Å². The Morgan fingerprint density at radius 1 is 1.46 bits per heavy atom. The van der Waals surface area contributed by atoms with Crippen LogP contribution in [0.3, 0.4) is 0 Å². The van der Waals surface area contributed by atoms with Crippen LogP contribution in [0.1, 0.15) is 38.7 Å². The lowest BCUT2D eigenvalue weighted by Crippen LogP contribution is -2.02. The molecule has 0 N–H and O–H groups in total. The van der Waals surface area contributed by atoms with Crippen LogP contribution in [-0.2, 0) is 6.42 Å². The van der Waals surface area contributed by atoms with Crippen LogP contribution in [-0.4, -0.2) is 9.78 Å². The molecule has 0 unspecified atom stereocenters. The number of aromatic nitrogens is 2. The van der Waals surface area contributed by atoms with Crippen LogP contribution in [0.5, 0.6) is 0 Å². The first-order chi connectivity index (χ1) is 6.15. The lowest BCUT2D eigenvalue weighted by atomic mass is 10.3. The molecule has 0 amide bonds. The number of alkyl halides is 2. The van der Waals surface area contributed by atoms with E-state index in [0.717, 1.165) is 4.68 Å². The molecule has 0 saturated carbocycles. The van der Waals surface area contributed by atoms with Gasteiger partial charge in [0.2, 0.25) is 0 Å². The zero-order valence-electron chi connectivity index (χ0n) is 8.51. The van der Waals surface area contributed by atoms with Crippen LogP contribution < -0.4 is 0 Å². The summed E-state index contributed by atoms with van der Waals surface area (Å²) < 4.78 is 24.9. The fraction of sp³-hybridized carbons (Fsp3) is 0.667. The summed E-state index contributed by atoms with van der Waals surface area (Å²) in [6.45, 7) is 4.99. The van der Waals surface area contributed by atoms with Gasteiger partial charge in [-0.05, 0) is 19.4 Å². The summed E-state index contributed by atoms with van der Waals surface area (Å²) in [5.74, 6) is 0. The summed E-state index contributed by atoms with van der Waals surface area (Å²) in [7, 11) is 0. The molecule has 2 nitrogen and oxygen atoms in total. The number of halogens is 2.